The lowest BCUT2D eigenvalue weighted by Gasteiger charge is -2.20. The van der Waals surface area contributed by atoms with E-state index in [1.165, 1.54) is 5.56 Å². The molecule has 0 bridgehead atoms. The summed E-state index contributed by atoms with van der Waals surface area (Å²) < 4.78 is 5.64. The van der Waals surface area contributed by atoms with Crippen molar-refractivity contribution < 1.29 is 4.74 Å². The van der Waals surface area contributed by atoms with Gasteiger partial charge >= 0.3 is 0 Å². The Morgan fingerprint density at radius 1 is 1.31 bits per heavy atom. The summed E-state index contributed by atoms with van der Waals surface area (Å²) in [5.74, 6) is 0.954. The van der Waals surface area contributed by atoms with Crippen molar-refractivity contribution in [3.63, 3.8) is 0 Å². The zero-order chi connectivity index (χ0) is 9.84. The molecule has 1 rings (SSSR count). The number of benzene rings is 1. The molecule has 0 aliphatic carbocycles. The number of rotatable bonds is 3. The second-order valence-electron chi connectivity index (χ2n) is 3.04. The highest BCUT2D eigenvalue weighted by Crippen LogP contribution is 2.32. The molecular weight excluding hydrogens is 277 g/mol. The summed E-state index contributed by atoms with van der Waals surface area (Å²) in [6.45, 7) is 0. The third-order valence-corrected chi connectivity index (χ3v) is 3.63. The summed E-state index contributed by atoms with van der Waals surface area (Å²) in [4.78, 5) is 2.15. The molecule has 1 aromatic carbocycles. The Morgan fingerprint density at radius 3 is 2.46 bits per heavy atom. The third kappa shape index (κ3) is 2.57. The van der Waals surface area contributed by atoms with Gasteiger partial charge in [-0.05, 0) is 20.2 Å². The van der Waals surface area contributed by atoms with Gasteiger partial charge in [0.2, 0.25) is 0 Å². The van der Waals surface area contributed by atoms with Crippen LogP contribution in [-0.2, 0) is 0 Å². The van der Waals surface area contributed by atoms with Gasteiger partial charge in [0.15, 0.2) is 0 Å². The van der Waals surface area contributed by atoms with Crippen molar-refractivity contribution in [2.45, 2.75) is 4.05 Å². The van der Waals surface area contributed by atoms with Crippen molar-refractivity contribution in [1.82, 2.24) is 4.90 Å². The zero-order valence-electron chi connectivity index (χ0n) is 8.12. The van der Waals surface area contributed by atoms with E-state index in [9.17, 15) is 0 Å². The van der Waals surface area contributed by atoms with Crippen LogP contribution in [0.2, 0.25) is 0 Å². The molecule has 0 aliphatic heterocycles. The number of hydrogen-bond donors (Lipinski definition) is 0. The van der Waals surface area contributed by atoms with Crippen molar-refractivity contribution in [2.24, 2.45) is 0 Å². The second-order valence-corrected chi connectivity index (χ2v) is 4.22. The van der Waals surface area contributed by atoms with Gasteiger partial charge < -0.3 is 4.74 Å². The van der Waals surface area contributed by atoms with Gasteiger partial charge in [0.25, 0.3) is 0 Å². The normalized spacial score (nSPS) is 13.0. The van der Waals surface area contributed by atoms with Crippen LogP contribution in [-0.4, -0.2) is 26.1 Å². The first-order chi connectivity index (χ1) is 6.16. The van der Waals surface area contributed by atoms with Crippen LogP contribution in [0, 0.1) is 0 Å². The van der Waals surface area contributed by atoms with Crippen LogP contribution in [0.3, 0.4) is 0 Å². The number of ether oxygens (including phenoxy) is 1. The average molecular weight is 291 g/mol. The highest BCUT2D eigenvalue weighted by molar-refractivity contribution is 14.1. The molecule has 0 radical (unpaired) electrons. The first-order valence-corrected chi connectivity index (χ1v) is 5.34. The highest BCUT2D eigenvalue weighted by Gasteiger charge is 2.13. The fraction of sp³-hybridized carbons (Fsp3) is 0.400. The predicted molar refractivity (Wildman–Crippen MR) is 63.4 cm³/mol. The van der Waals surface area contributed by atoms with Gasteiger partial charge in [0, 0.05) is 5.56 Å². The van der Waals surface area contributed by atoms with E-state index in [-0.39, 0.29) is 0 Å². The van der Waals surface area contributed by atoms with Crippen LogP contribution in [0.15, 0.2) is 24.3 Å². The van der Waals surface area contributed by atoms with E-state index in [1.54, 1.807) is 7.11 Å². The Kier molecular flexibility index (Phi) is 3.99. The molecule has 0 saturated heterocycles. The molecule has 0 amide bonds. The minimum atomic E-state index is 0.355. The first-order valence-electron chi connectivity index (χ1n) is 4.10. The van der Waals surface area contributed by atoms with Crippen LogP contribution in [0.5, 0.6) is 5.75 Å². The van der Waals surface area contributed by atoms with Crippen molar-refractivity contribution in [3.8, 4) is 5.75 Å². The third-order valence-electron chi connectivity index (χ3n) is 1.85. The Balaban J connectivity index is 2.98. The topological polar surface area (TPSA) is 12.5 Å². The van der Waals surface area contributed by atoms with Gasteiger partial charge in [-0.15, -0.1) is 0 Å². The largest absolute Gasteiger partial charge is 0.496 e. The molecule has 0 fully saturated rings. The minimum absolute atomic E-state index is 0.355. The monoisotopic (exact) mass is 291 g/mol. The quantitative estimate of drug-likeness (QED) is 0.482. The molecule has 1 aromatic rings. The van der Waals surface area contributed by atoms with E-state index < -0.39 is 0 Å². The van der Waals surface area contributed by atoms with E-state index in [0.717, 1.165) is 5.75 Å². The van der Waals surface area contributed by atoms with Crippen molar-refractivity contribution >= 4 is 22.6 Å². The minimum Gasteiger partial charge on any atom is -0.496 e. The molecule has 13 heavy (non-hydrogen) atoms. The number of nitrogens with zero attached hydrogens (tertiary/aromatic N) is 1. The molecule has 0 aromatic heterocycles. The second kappa shape index (κ2) is 4.81. The van der Waals surface area contributed by atoms with E-state index in [4.69, 9.17) is 4.74 Å². The fourth-order valence-corrected chi connectivity index (χ4v) is 1.66. The maximum absolute atomic E-state index is 5.29. The van der Waals surface area contributed by atoms with Gasteiger partial charge in [-0.3, -0.25) is 4.90 Å². The van der Waals surface area contributed by atoms with Gasteiger partial charge in [-0.1, -0.05) is 40.8 Å². The number of hydrogen-bond acceptors (Lipinski definition) is 2. The van der Waals surface area contributed by atoms with Gasteiger partial charge in [0.05, 0.1) is 11.2 Å². The van der Waals surface area contributed by atoms with E-state index in [2.05, 4.69) is 47.7 Å². The number of para-hydroxylation sites is 1. The summed E-state index contributed by atoms with van der Waals surface area (Å²) in [6, 6.07) is 8.11. The summed E-state index contributed by atoms with van der Waals surface area (Å²) >= 11 is 2.39. The van der Waals surface area contributed by atoms with E-state index in [1.807, 2.05) is 18.2 Å². The van der Waals surface area contributed by atoms with Crippen LogP contribution in [0.4, 0.5) is 0 Å². The fourth-order valence-electron chi connectivity index (χ4n) is 1.14. The number of alkyl halides is 1. The van der Waals surface area contributed by atoms with E-state index >= 15 is 0 Å². The summed E-state index contributed by atoms with van der Waals surface area (Å²) in [6.07, 6.45) is 0. The molecule has 0 spiro atoms. The molecule has 3 heteroatoms. The number of halogens is 1. The maximum Gasteiger partial charge on any atom is 0.124 e. The van der Waals surface area contributed by atoms with Crippen molar-refractivity contribution in [2.75, 3.05) is 21.2 Å². The SMILES string of the molecule is COc1ccccc1C(I)N(C)C. The first kappa shape index (κ1) is 10.8. The Bertz CT molecular complexity index is 275. The Labute approximate surface area is 93.0 Å². The molecule has 0 aliphatic rings. The van der Waals surface area contributed by atoms with Crippen LogP contribution in [0.25, 0.3) is 0 Å². The standard InChI is InChI=1S/C10H14INO/c1-12(2)10(11)8-6-4-5-7-9(8)13-3/h4-7,10H,1-3H3. The van der Waals surface area contributed by atoms with Crippen LogP contribution >= 0.6 is 22.6 Å². The Hall–Kier alpha value is -0.290. The lowest BCUT2D eigenvalue weighted by Crippen LogP contribution is -2.14. The highest BCUT2D eigenvalue weighted by atomic mass is 127. The maximum atomic E-state index is 5.29. The van der Waals surface area contributed by atoms with E-state index in [0.29, 0.717) is 4.05 Å². The van der Waals surface area contributed by atoms with Gasteiger partial charge in [-0.25, -0.2) is 0 Å². The van der Waals surface area contributed by atoms with Gasteiger partial charge in [-0.2, -0.15) is 0 Å². The molecule has 72 valence electrons. The van der Waals surface area contributed by atoms with Crippen molar-refractivity contribution in [3.05, 3.63) is 29.8 Å². The molecule has 0 heterocycles. The summed E-state index contributed by atoms with van der Waals surface area (Å²) in [5.41, 5.74) is 1.22. The van der Waals surface area contributed by atoms with Crippen LogP contribution in [0.1, 0.15) is 9.61 Å². The Morgan fingerprint density at radius 2 is 1.92 bits per heavy atom. The molecule has 1 unspecified atom stereocenters. The zero-order valence-corrected chi connectivity index (χ0v) is 10.3. The molecule has 2 nitrogen and oxygen atoms in total. The smallest absolute Gasteiger partial charge is 0.124 e. The summed E-state index contributed by atoms with van der Waals surface area (Å²) in [7, 11) is 5.82. The molecule has 0 N–H and O–H groups in total. The average Bonchev–Trinajstić information content (AvgIpc) is 2.16. The lowest BCUT2D eigenvalue weighted by molar-refractivity contribution is 0.374. The predicted octanol–water partition coefficient (Wildman–Crippen LogP) is 2.69. The molecule has 1 atom stereocenters. The lowest BCUT2D eigenvalue weighted by atomic mass is 10.2. The number of methoxy groups -OCH3 is 1. The van der Waals surface area contributed by atoms with Gasteiger partial charge in [0.1, 0.15) is 5.75 Å². The van der Waals surface area contributed by atoms with Crippen LogP contribution < -0.4 is 4.74 Å². The molecular formula is C10H14INO. The summed E-state index contributed by atoms with van der Waals surface area (Å²) in [5, 5.41) is 0. The molecule has 0 saturated carbocycles. The van der Waals surface area contributed by atoms with Crippen molar-refractivity contribution in [1.29, 1.82) is 0 Å².